The molecule has 1 N–H and O–H groups in total. The fourth-order valence-corrected chi connectivity index (χ4v) is 4.27. The van der Waals surface area contributed by atoms with Gasteiger partial charge in [0.15, 0.2) is 0 Å². The number of hydrogen-bond acceptors (Lipinski definition) is 4. The molecule has 2 fully saturated rings. The van der Waals surface area contributed by atoms with Gasteiger partial charge in [0.05, 0.1) is 17.6 Å². The maximum Gasteiger partial charge on any atom is 0.264 e. The van der Waals surface area contributed by atoms with E-state index in [-0.39, 0.29) is 11.8 Å². The molecule has 0 aromatic carbocycles. The van der Waals surface area contributed by atoms with Crippen LogP contribution in [-0.2, 0) is 0 Å². The molecular weight excluding hydrogens is 274 g/mol. The largest absolute Gasteiger partial charge is 0.496 e. The number of methoxy groups -OCH3 is 1. The predicted molar refractivity (Wildman–Crippen MR) is 78.3 cm³/mol. The van der Waals surface area contributed by atoms with Crippen LogP contribution in [0.1, 0.15) is 41.8 Å². The van der Waals surface area contributed by atoms with Gasteiger partial charge in [0, 0.05) is 30.5 Å². The van der Waals surface area contributed by atoms with E-state index in [1.807, 2.05) is 10.3 Å². The first-order valence-corrected chi connectivity index (χ1v) is 8.14. The Morgan fingerprint density at radius 1 is 1.50 bits per heavy atom. The van der Waals surface area contributed by atoms with Crippen molar-refractivity contribution >= 4 is 17.2 Å². The average Bonchev–Trinajstić information content (AvgIpc) is 2.94. The quantitative estimate of drug-likeness (QED) is 0.912. The van der Waals surface area contributed by atoms with Gasteiger partial charge in [-0.3, -0.25) is 4.79 Å². The van der Waals surface area contributed by atoms with Gasteiger partial charge in [0.1, 0.15) is 5.75 Å². The Labute approximate surface area is 123 Å². The van der Waals surface area contributed by atoms with Crippen LogP contribution in [0, 0.1) is 5.92 Å². The Morgan fingerprint density at radius 3 is 3.10 bits per heavy atom. The number of ether oxygens (including phenoxy) is 1. The summed E-state index contributed by atoms with van der Waals surface area (Å²) < 4.78 is 5.13. The Hall–Kier alpha value is -1.07. The highest BCUT2D eigenvalue weighted by Gasteiger charge is 2.43. The van der Waals surface area contributed by atoms with E-state index < -0.39 is 5.60 Å². The molecule has 1 amide bonds. The van der Waals surface area contributed by atoms with Gasteiger partial charge in [-0.1, -0.05) is 12.8 Å². The molecule has 2 heterocycles. The number of aliphatic hydroxyl groups is 1. The zero-order valence-electron chi connectivity index (χ0n) is 11.8. The monoisotopic (exact) mass is 295 g/mol. The highest BCUT2D eigenvalue weighted by Crippen LogP contribution is 2.40. The summed E-state index contributed by atoms with van der Waals surface area (Å²) >= 11 is 1.43. The molecule has 1 saturated carbocycles. The minimum atomic E-state index is -0.526. The zero-order chi connectivity index (χ0) is 14.2. The molecule has 0 bridgehead atoms. The van der Waals surface area contributed by atoms with Crippen LogP contribution in [-0.4, -0.2) is 41.7 Å². The molecular formula is C15H21NO3S. The number of thiophene rings is 1. The standard InChI is InChI=1S/C15H21NO3S/c1-19-12-8-13(20-10-12)14(17)16-7-6-15(18)5-3-2-4-11(15)9-16/h8,10-11,18H,2-7,9H2,1H3. The number of piperidine rings is 1. The second-order valence-electron chi connectivity index (χ2n) is 5.90. The number of carbonyl (C=O) groups is 1. The van der Waals surface area contributed by atoms with Crippen molar-refractivity contribution in [3.05, 3.63) is 16.3 Å². The van der Waals surface area contributed by atoms with Gasteiger partial charge in [-0.15, -0.1) is 11.3 Å². The molecule has 110 valence electrons. The lowest BCUT2D eigenvalue weighted by Crippen LogP contribution is -2.54. The molecule has 0 radical (unpaired) electrons. The van der Waals surface area contributed by atoms with Gasteiger partial charge in [-0.2, -0.15) is 0 Å². The smallest absolute Gasteiger partial charge is 0.264 e. The van der Waals surface area contributed by atoms with Crippen LogP contribution in [0.25, 0.3) is 0 Å². The van der Waals surface area contributed by atoms with Crippen LogP contribution in [0.4, 0.5) is 0 Å². The van der Waals surface area contributed by atoms with Crippen molar-refractivity contribution in [2.24, 2.45) is 5.92 Å². The van der Waals surface area contributed by atoms with Gasteiger partial charge in [-0.05, 0) is 19.3 Å². The van der Waals surface area contributed by atoms with E-state index in [4.69, 9.17) is 4.74 Å². The van der Waals surface area contributed by atoms with E-state index in [9.17, 15) is 9.90 Å². The molecule has 1 saturated heterocycles. The third-order valence-corrected chi connectivity index (χ3v) is 5.63. The molecule has 3 rings (SSSR count). The summed E-state index contributed by atoms with van der Waals surface area (Å²) in [7, 11) is 1.61. The summed E-state index contributed by atoms with van der Waals surface area (Å²) in [6, 6.07) is 1.80. The van der Waals surface area contributed by atoms with E-state index in [0.29, 0.717) is 19.5 Å². The van der Waals surface area contributed by atoms with Crippen molar-refractivity contribution < 1.29 is 14.6 Å². The molecule has 1 aliphatic heterocycles. The van der Waals surface area contributed by atoms with E-state index in [0.717, 1.165) is 29.9 Å². The van der Waals surface area contributed by atoms with Crippen LogP contribution in [0.2, 0.25) is 0 Å². The number of rotatable bonds is 2. The summed E-state index contributed by atoms with van der Waals surface area (Å²) in [6.45, 7) is 1.35. The molecule has 4 nitrogen and oxygen atoms in total. The number of amides is 1. The van der Waals surface area contributed by atoms with Gasteiger partial charge < -0.3 is 14.7 Å². The fraction of sp³-hybridized carbons (Fsp3) is 0.667. The molecule has 20 heavy (non-hydrogen) atoms. The van der Waals surface area contributed by atoms with Crippen LogP contribution < -0.4 is 4.74 Å². The van der Waals surface area contributed by atoms with Gasteiger partial charge in [-0.25, -0.2) is 0 Å². The zero-order valence-corrected chi connectivity index (χ0v) is 12.6. The van der Waals surface area contributed by atoms with Gasteiger partial charge in [0.2, 0.25) is 0 Å². The van der Waals surface area contributed by atoms with Crippen molar-refractivity contribution in [2.75, 3.05) is 20.2 Å². The van der Waals surface area contributed by atoms with Crippen LogP contribution in [0.15, 0.2) is 11.4 Å². The minimum absolute atomic E-state index is 0.0749. The van der Waals surface area contributed by atoms with E-state index in [1.165, 1.54) is 17.8 Å². The van der Waals surface area contributed by atoms with Gasteiger partial charge >= 0.3 is 0 Å². The summed E-state index contributed by atoms with van der Waals surface area (Å²) in [4.78, 5) is 15.1. The highest BCUT2D eigenvalue weighted by atomic mass is 32.1. The van der Waals surface area contributed by atoms with E-state index in [1.54, 1.807) is 13.2 Å². The van der Waals surface area contributed by atoms with Crippen LogP contribution in [0.3, 0.4) is 0 Å². The lowest BCUT2D eigenvalue weighted by Gasteiger charge is -2.47. The Balaban J connectivity index is 1.71. The second-order valence-corrected chi connectivity index (χ2v) is 6.81. The first-order valence-electron chi connectivity index (χ1n) is 7.26. The number of hydrogen-bond donors (Lipinski definition) is 1. The second kappa shape index (κ2) is 5.37. The molecule has 2 aliphatic rings. The number of carbonyl (C=O) groups excluding carboxylic acids is 1. The average molecular weight is 295 g/mol. The number of likely N-dealkylation sites (tertiary alicyclic amines) is 1. The minimum Gasteiger partial charge on any atom is -0.496 e. The lowest BCUT2D eigenvalue weighted by atomic mass is 9.71. The van der Waals surface area contributed by atoms with E-state index >= 15 is 0 Å². The molecule has 2 atom stereocenters. The normalized spacial score (nSPS) is 29.9. The summed E-state index contributed by atoms with van der Waals surface area (Å²) in [5, 5.41) is 12.5. The van der Waals surface area contributed by atoms with Crippen molar-refractivity contribution in [2.45, 2.75) is 37.7 Å². The fourth-order valence-electron chi connectivity index (χ4n) is 3.45. The molecule has 0 spiro atoms. The highest BCUT2D eigenvalue weighted by molar-refractivity contribution is 7.12. The Morgan fingerprint density at radius 2 is 2.35 bits per heavy atom. The van der Waals surface area contributed by atoms with Crippen molar-refractivity contribution in [3.8, 4) is 5.75 Å². The molecule has 1 aromatic heterocycles. The van der Waals surface area contributed by atoms with Crippen LogP contribution in [0.5, 0.6) is 5.75 Å². The first-order chi connectivity index (χ1) is 9.62. The van der Waals surface area contributed by atoms with E-state index in [2.05, 4.69) is 0 Å². The van der Waals surface area contributed by atoms with Crippen molar-refractivity contribution in [1.29, 1.82) is 0 Å². The van der Waals surface area contributed by atoms with Gasteiger partial charge in [0.25, 0.3) is 5.91 Å². The van der Waals surface area contributed by atoms with Crippen molar-refractivity contribution in [3.63, 3.8) is 0 Å². The summed E-state index contributed by atoms with van der Waals surface area (Å²) in [5.74, 6) is 1.06. The maximum absolute atomic E-state index is 12.5. The summed E-state index contributed by atoms with van der Waals surface area (Å²) in [5.41, 5.74) is -0.526. The topological polar surface area (TPSA) is 49.8 Å². The Bertz CT molecular complexity index is 501. The summed E-state index contributed by atoms with van der Waals surface area (Å²) in [6.07, 6.45) is 4.93. The lowest BCUT2D eigenvalue weighted by molar-refractivity contribution is -0.0885. The third kappa shape index (κ3) is 2.44. The molecule has 1 aromatic rings. The number of nitrogens with zero attached hydrogens (tertiary/aromatic N) is 1. The first kappa shape index (κ1) is 13.9. The van der Waals surface area contributed by atoms with Crippen LogP contribution >= 0.6 is 11.3 Å². The molecule has 2 unspecified atom stereocenters. The van der Waals surface area contributed by atoms with Crippen molar-refractivity contribution in [1.82, 2.24) is 4.90 Å². The third-order valence-electron chi connectivity index (χ3n) is 4.74. The maximum atomic E-state index is 12.5. The molecule has 1 aliphatic carbocycles. The predicted octanol–water partition coefficient (Wildman–Crippen LogP) is 2.52. The number of fused-ring (bicyclic) bond motifs is 1. The SMILES string of the molecule is COc1csc(C(=O)N2CCC3(O)CCCCC3C2)c1. The Kier molecular flexibility index (Phi) is 3.73. The molecule has 5 heteroatoms.